The van der Waals surface area contributed by atoms with E-state index in [0.29, 0.717) is 11.3 Å². The number of imide groups is 2. The molecule has 0 radical (unpaired) electrons. The van der Waals surface area contributed by atoms with Crippen LogP contribution < -0.4 is 4.74 Å². The van der Waals surface area contributed by atoms with Crippen molar-refractivity contribution in [1.29, 1.82) is 0 Å². The molecule has 10 heteroatoms. The minimum Gasteiger partial charge on any atom is -0.496 e. The Bertz CT molecular complexity index is 1010. The smallest absolute Gasteiger partial charge is 0.333 e. The highest BCUT2D eigenvalue weighted by molar-refractivity contribution is 6.30. The first kappa shape index (κ1) is 18.8. The number of urea groups is 1. The van der Waals surface area contributed by atoms with Crippen LogP contribution in [0.1, 0.15) is 5.76 Å². The van der Waals surface area contributed by atoms with Gasteiger partial charge in [0.2, 0.25) is 0 Å². The number of non-ortho nitro benzene ring substituents is 1. The molecule has 1 aliphatic heterocycles. The number of amides is 4. The molecular weight excluding hydrogens is 370 g/mol. The van der Waals surface area contributed by atoms with Crippen molar-refractivity contribution in [2.24, 2.45) is 0 Å². The van der Waals surface area contributed by atoms with Gasteiger partial charge in [-0.15, -0.1) is 0 Å². The van der Waals surface area contributed by atoms with Gasteiger partial charge in [0.05, 0.1) is 23.7 Å². The summed E-state index contributed by atoms with van der Waals surface area (Å²) in [7, 11) is 3.92. The maximum Gasteiger partial charge on any atom is 0.333 e. The highest BCUT2D eigenvalue weighted by Crippen LogP contribution is 2.34. The van der Waals surface area contributed by atoms with Crippen LogP contribution in [0.15, 0.2) is 40.3 Å². The standard InChI is InChI=1S/C18H15N3O7/c1-19-16(22)13(17(23)20(2)18(19)24)9-11-5-7-14(28-11)12-6-4-10(21(25)26)8-15(12)27-3/h4-9H,1-3H3. The van der Waals surface area contributed by atoms with Crippen molar-refractivity contribution in [1.82, 2.24) is 9.80 Å². The molecule has 4 amide bonds. The quantitative estimate of drug-likeness (QED) is 0.342. The van der Waals surface area contributed by atoms with Crippen molar-refractivity contribution in [3.05, 3.63) is 51.8 Å². The number of carbonyl (C=O) groups excluding carboxylic acids is 3. The molecule has 1 saturated heterocycles. The lowest BCUT2D eigenvalue weighted by Gasteiger charge is -2.28. The number of barbiturate groups is 1. The van der Waals surface area contributed by atoms with Gasteiger partial charge in [-0.25, -0.2) is 4.79 Å². The number of carbonyl (C=O) groups is 3. The highest BCUT2D eigenvalue weighted by atomic mass is 16.6. The molecule has 28 heavy (non-hydrogen) atoms. The van der Waals surface area contributed by atoms with Crippen molar-refractivity contribution in [2.45, 2.75) is 0 Å². The van der Waals surface area contributed by atoms with Crippen LogP contribution in [0, 0.1) is 10.1 Å². The maximum atomic E-state index is 12.2. The van der Waals surface area contributed by atoms with Crippen molar-refractivity contribution >= 4 is 29.6 Å². The van der Waals surface area contributed by atoms with Gasteiger partial charge in [-0.3, -0.25) is 29.5 Å². The second kappa shape index (κ2) is 6.99. The molecule has 1 fully saturated rings. The lowest BCUT2D eigenvalue weighted by atomic mass is 10.1. The summed E-state index contributed by atoms with van der Waals surface area (Å²) in [6, 6.07) is 6.43. The SMILES string of the molecule is COc1cc([N+](=O)[O-])ccc1-c1ccc(C=C2C(=O)N(C)C(=O)N(C)C2=O)o1. The van der Waals surface area contributed by atoms with Crippen molar-refractivity contribution in [3.8, 4) is 17.1 Å². The fourth-order valence-electron chi connectivity index (χ4n) is 2.69. The number of likely N-dealkylation sites (N-methyl/N-ethyl adjacent to an activating group) is 2. The van der Waals surface area contributed by atoms with Crippen LogP contribution in [-0.2, 0) is 9.59 Å². The third-order valence-electron chi connectivity index (χ3n) is 4.22. The van der Waals surface area contributed by atoms with E-state index in [4.69, 9.17) is 9.15 Å². The Kier molecular flexibility index (Phi) is 4.70. The van der Waals surface area contributed by atoms with Crippen LogP contribution in [0.2, 0.25) is 0 Å². The normalized spacial score (nSPS) is 14.5. The zero-order valence-electron chi connectivity index (χ0n) is 15.2. The van der Waals surface area contributed by atoms with Crippen LogP contribution in [0.25, 0.3) is 17.4 Å². The molecule has 10 nitrogen and oxygen atoms in total. The minimum atomic E-state index is -0.737. The van der Waals surface area contributed by atoms with Gasteiger partial charge in [0, 0.05) is 20.2 Å². The summed E-state index contributed by atoms with van der Waals surface area (Å²) in [5, 5.41) is 10.9. The molecule has 1 aromatic carbocycles. The first-order chi connectivity index (χ1) is 13.2. The van der Waals surface area contributed by atoms with E-state index in [9.17, 15) is 24.5 Å². The number of nitrogens with zero attached hydrogens (tertiary/aromatic N) is 3. The monoisotopic (exact) mass is 385 g/mol. The van der Waals surface area contributed by atoms with Gasteiger partial charge in [-0.2, -0.15) is 0 Å². The van der Waals surface area contributed by atoms with Gasteiger partial charge in [0.15, 0.2) is 0 Å². The average Bonchev–Trinajstić information content (AvgIpc) is 3.16. The summed E-state index contributed by atoms with van der Waals surface area (Å²) >= 11 is 0. The Hall–Kier alpha value is -3.95. The summed E-state index contributed by atoms with van der Waals surface area (Å²) in [5.74, 6) is -0.717. The summed E-state index contributed by atoms with van der Waals surface area (Å²) in [5.41, 5.74) is 0.105. The molecular formula is C18H15N3O7. The van der Waals surface area contributed by atoms with Crippen LogP contribution in [0.3, 0.4) is 0 Å². The molecule has 0 aliphatic carbocycles. The van der Waals surface area contributed by atoms with Gasteiger partial charge in [-0.05, 0) is 24.3 Å². The minimum absolute atomic E-state index is 0.136. The van der Waals surface area contributed by atoms with E-state index >= 15 is 0 Å². The molecule has 144 valence electrons. The number of nitro benzene ring substituents is 1. The van der Waals surface area contributed by atoms with Crippen molar-refractivity contribution in [3.63, 3.8) is 0 Å². The van der Waals surface area contributed by atoms with Gasteiger partial charge in [0.25, 0.3) is 17.5 Å². The lowest BCUT2D eigenvalue weighted by molar-refractivity contribution is -0.384. The number of rotatable bonds is 4. The lowest BCUT2D eigenvalue weighted by Crippen LogP contribution is -2.52. The molecule has 2 aromatic rings. The topological polar surface area (TPSA) is 123 Å². The fourth-order valence-corrected chi connectivity index (χ4v) is 2.69. The van der Waals surface area contributed by atoms with E-state index in [0.717, 1.165) is 9.80 Å². The zero-order valence-corrected chi connectivity index (χ0v) is 15.2. The number of ether oxygens (including phenoxy) is 1. The van der Waals surface area contributed by atoms with Gasteiger partial charge >= 0.3 is 6.03 Å². The molecule has 0 saturated carbocycles. The third kappa shape index (κ3) is 3.11. The van der Waals surface area contributed by atoms with Gasteiger partial charge < -0.3 is 9.15 Å². The fraction of sp³-hybridized carbons (Fsp3) is 0.167. The molecule has 3 rings (SSSR count). The Balaban J connectivity index is 1.98. The summed E-state index contributed by atoms with van der Waals surface area (Å²) in [6.07, 6.45) is 1.24. The number of methoxy groups -OCH3 is 1. The number of nitro groups is 1. The predicted octanol–water partition coefficient (Wildman–Crippen LogP) is 2.30. The van der Waals surface area contributed by atoms with Crippen LogP contribution in [-0.4, -0.2) is 53.8 Å². The van der Waals surface area contributed by atoms with E-state index in [1.54, 1.807) is 6.07 Å². The van der Waals surface area contributed by atoms with Crippen LogP contribution in [0.5, 0.6) is 5.75 Å². The second-order valence-electron chi connectivity index (χ2n) is 5.91. The molecule has 0 unspecified atom stereocenters. The van der Waals surface area contributed by atoms with Crippen LogP contribution >= 0.6 is 0 Å². The van der Waals surface area contributed by atoms with Crippen molar-refractivity contribution < 1.29 is 28.5 Å². The molecule has 0 bridgehead atoms. The van der Waals surface area contributed by atoms with E-state index in [1.165, 1.54) is 51.5 Å². The van der Waals surface area contributed by atoms with Crippen LogP contribution in [0.4, 0.5) is 10.5 Å². The third-order valence-corrected chi connectivity index (χ3v) is 4.22. The predicted molar refractivity (Wildman–Crippen MR) is 96.3 cm³/mol. The average molecular weight is 385 g/mol. The molecule has 0 atom stereocenters. The van der Waals surface area contributed by atoms with Gasteiger partial charge in [0.1, 0.15) is 22.8 Å². The Morgan fingerprint density at radius 3 is 2.29 bits per heavy atom. The first-order valence-corrected chi connectivity index (χ1v) is 7.99. The number of benzene rings is 1. The Morgan fingerprint density at radius 1 is 1.07 bits per heavy atom. The number of hydrogen-bond donors (Lipinski definition) is 0. The summed E-state index contributed by atoms with van der Waals surface area (Å²) in [4.78, 5) is 48.3. The molecule has 1 aliphatic rings. The first-order valence-electron chi connectivity index (χ1n) is 7.99. The Labute approximate surface area is 158 Å². The van der Waals surface area contributed by atoms with Crippen molar-refractivity contribution in [2.75, 3.05) is 21.2 Å². The maximum absolute atomic E-state index is 12.2. The highest BCUT2D eigenvalue weighted by Gasteiger charge is 2.38. The molecule has 0 spiro atoms. The summed E-state index contributed by atoms with van der Waals surface area (Å²) < 4.78 is 10.8. The van der Waals surface area contributed by atoms with E-state index in [-0.39, 0.29) is 22.8 Å². The largest absolute Gasteiger partial charge is 0.496 e. The Morgan fingerprint density at radius 2 is 1.71 bits per heavy atom. The second-order valence-corrected chi connectivity index (χ2v) is 5.91. The molecule has 1 aromatic heterocycles. The van der Waals surface area contributed by atoms with E-state index in [2.05, 4.69) is 0 Å². The zero-order chi connectivity index (χ0) is 20.6. The summed E-state index contributed by atoms with van der Waals surface area (Å²) in [6.45, 7) is 0. The number of hydrogen-bond acceptors (Lipinski definition) is 7. The van der Waals surface area contributed by atoms with Gasteiger partial charge in [-0.1, -0.05) is 0 Å². The van der Waals surface area contributed by atoms with E-state index < -0.39 is 22.8 Å². The number of furan rings is 1. The van der Waals surface area contributed by atoms with E-state index in [1.807, 2.05) is 0 Å². The molecule has 2 heterocycles. The molecule has 0 N–H and O–H groups in total.